The Labute approximate surface area is 168 Å². The van der Waals surface area contributed by atoms with E-state index in [9.17, 15) is 10.4 Å². The first-order chi connectivity index (χ1) is 13.6. The van der Waals surface area contributed by atoms with Crippen LogP contribution in [0.4, 0.5) is 0 Å². The first-order valence-electron chi connectivity index (χ1n) is 10.2. The second-order valence-electron chi connectivity index (χ2n) is 6.87. The largest absolute Gasteiger partial charge is 0.287 e. The van der Waals surface area contributed by atoms with Gasteiger partial charge >= 0.3 is 0 Å². The molecule has 1 rings (SSSR count). The van der Waals surface area contributed by atoms with E-state index in [1.165, 1.54) is 0 Å². The van der Waals surface area contributed by atoms with Crippen molar-refractivity contribution in [3.05, 3.63) is 34.7 Å². The third kappa shape index (κ3) is 7.60. The highest BCUT2D eigenvalue weighted by Crippen LogP contribution is 2.11. The summed E-state index contributed by atoms with van der Waals surface area (Å²) in [6.45, 7) is 5.12. The Bertz CT molecular complexity index is 733. The standard InChI is InChI=1S/C22H32N4O2/c1-3-5-7-9-15-25(27)22(26(28)16-10-8-6-4-2)20-13-11-19(12-14-20)21(17-23)18-24/h11-14,27-28H,3-10,15-16H2,1-2H3. The summed E-state index contributed by atoms with van der Waals surface area (Å²) in [7, 11) is 0. The van der Waals surface area contributed by atoms with Crippen LogP contribution < -0.4 is 10.4 Å². The molecule has 0 fully saturated rings. The van der Waals surface area contributed by atoms with Gasteiger partial charge in [-0.2, -0.15) is 10.5 Å². The van der Waals surface area contributed by atoms with E-state index in [-0.39, 0.29) is 5.57 Å². The molecule has 1 aromatic carbocycles. The van der Waals surface area contributed by atoms with Gasteiger partial charge in [0, 0.05) is 23.5 Å². The molecule has 0 atom stereocenters. The van der Waals surface area contributed by atoms with Gasteiger partial charge in [-0.15, -0.1) is 0 Å². The van der Waals surface area contributed by atoms with Crippen molar-refractivity contribution in [2.75, 3.05) is 13.1 Å². The summed E-state index contributed by atoms with van der Waals surface area (Å²) < 4.78 is 0. The van der Waals surface area contributed by atoms with Crippen molar-refractivity contribution < 1.29 is 10.4 Å². The summed E-state index contributed by atoms with van der Waals surface area (Å²) in [4.78, 5) is 0. The molecule has 6 nitrogen and oxygen atoms in total. The van der Waals surface area contributed by atoms with Gasteiger partial charge < -0.3 is 0 Å². The highest BCUT2D eigenvalue weighted by atomic mass is 16.5. The third-order valence-corrected chi connectivity index (χ3v) is 4.59. The number of rotatable bonds is 12. The maximum atomic E-state index is 10.6. The quantitative estimate of drug-likeness (QED) is 0.423. The molecule has 0 spiro atoms. The Kier molecular flexibility index (Phi) is 11.4. The molecule has 6 heteroatoms. The zero-order valence-electron chi connectivity index (χ0n) is 17.1. The fraction of sp³-hybridized carbons (Fsp3) is 0.545. The van der Waals surface area contributed by atoms with Crippen LogP contribution in [-0.4, -0.2) is 33.6 Å². The molecule has 1 aromatic rings. The highest BCUT2D eigenvalue weighted by Gasteiger charge is 2.14. The molecule has 0 bridgehead atoms. The predicted molar refractivity (Wildman–Crippen MR) is 109 cm³/mol. The Morgan fingerprint density at radius 2 is 1.18 bits per heavy atom. The van der Waals surface area contributed by atoms with Crippen molar-refractivity contribution in [3.8, 4) is 12.1 Å². The average molecular weight is 385 g/mol. The summed E-state index contributed by atoms with van der Waals surface area (Å²) in [5.41, 5.74) is 0.0361. The van der Waals surface area contributed by atoms with E-state index in [1.54, 1.807) is 24.3 Å². The molecule has 0 heterocycles. The van der Waals surface area contributed by atoms with Crippen LogP contribution >= 0.6 is 0 Å². The van der Waals surface area contributed by atoms with Crippen molar-refractivity contribution in [1.82, 2.24) is 10.1 Å². The minimum Gasteiger partial charge on any atom is -0.287 e. The molecule has 28 heavy (non-hydrogen) atoms. The van der Waals surface area contributed by atoms with Crippen LogP contribution in [0.15, 0.2) is 24.3 Å². The number of nitrogens with zero attached hydrogens (tertiary/aromatic N) is 4. The summed E-state index contributed by atoms with van der Waals surface area (Å²) in [6, 6.07) is 10.5. The molecule has 152 valence electrons. The van der Waals surface area contributed by atoms with Crippen molar-refractivity contribution in [1.29, 1.82) is 10.5 Å². The van der Waals surface area contributed by atoms with Crippen molar-refractivity contribution in [3.63, 3.8) is 0 Å². The smallest absolute Gasteiger partial charge is 0.159 e. The lowest BCUT2D eigenvalue weighted by atomic mass is 10.1. The van der Waals surface area contributed by atoms with Crippen LogP contribution in [0.1, 0.15) is 65.2 Å². The number of hydroxylamine groups is 4. The van der Waals surface area contributed by atoms with Crippen molar-refractivity contribution in [2.45, 2.75) is 65.2 Å². The second kappa shape index (κ2) is 13.6. The van der Waals surface area contributed by atoms with E-state index in [4.69, 9.17) is 10.5 Å². The van der Waals surface area contributed by atoms with Crippen LogP contribution in [0, 0.1) is 22.7 Å². The van der Waals surface area contributed by atoms with Crippen LogP contribution in [0.25, 0.3) is 11.4 Å². The number of hydrogen-bond acceptors (Lipinski definition) is 6. The molecule has 2 N–H and O–H groups in total. The summed E-state index contributed by atoms with van der Waals surface area (Å²) in [5, 5.41) is 42.5. The SMILES string of the molecule is CCCCCCN(O)C(=c1ccc(=C(C#N)C#N)cc1)N(O)CCCCCC. The normalized spacial score (nSPS) is 10.1. The highest BCUT2D eigenvalue weighted by molar-refractivity contribution is 5.72. The molecule has 0 aromatic heterocycles. The van der Waals surface area contributed by atoms with E-state index in [0.29, 0.717) is 29.3 Å². The Morgan fingerprint density at radius 3 is 1.57 bits per heavy atom. The fourth-order valence-electron chi connectivity index (χ4n) is 2.96. The van der Waals surface area contributed by atoms with Crippen molar-refractivity contribution >= 4 is 11.4 Å². The molecular weight excluding hydrogens is 352 g/mol. The monoisotopic (exact) mass is 384 g/mol. The average Bonchev–Trinajstić information content (AvgIpc) is 2.71. The van der Waals surface area contributed by atoms with Gasteiger partial charge in [0.2, 0.25) is 0 Å². The Balaban J connectivity index is 3.14. The summed E-state index contributed by atoms with van der Waals surface area (Å²) in [6.07, 6.45) is 8.14. The lowest BCUT2D eigenvalue weighted by Crippen LogP contribution is -2.36. The Morgan fingerprint density at radius 1 is 0.750 bits per heavy atom. The Hall–Kier alpha value is -2.54. The molecule has 0 aliphatic rings. The maximum absolute atomic E-state index is 10.6. The number of nitriles is 2. The van der Waals surface area contributed by atoms with Gasteiger partial charge in [-0.25, -0.2) is 10.1 Å². The number of unbranched alkanes of at least 4 members (excludes halogenated alkanes) is 6. The van der Waals surface area contributed by atoms with Gasteiger partial charge in [0.25, 0.3) is 0 Å². The molecule has 0 aliphatic heterocycles. The molecule has 0 saturated heterocycles. The van der Waals surface area contributed by atoms with Crippen LogP contribution in [0.2, 0.25) is 0 Å². The summed E-state index contributed by atoms with van der Waals surface area (Å²) in [5.74, 6) is 0.329. The first kappa shape index (κ1) is 23.5. The number of benzene rings is 1. The topological polar surface area (TPSA) is 94.5 Å². The zero-order chi connectivity index (χ0) is 20.8. The van der Waals surface area contributed by atoms with Gasteiger partial charge in [0.1, 0.15) is 17.7 Å². The van der Waals surface area contributed by atoms with Crippen LogP contribution in [0.3, 0.4) is 0 Å². The van der Waals surface area contributed by atoms with E-state index < -0.39 is 0 Å². The predicted octanol–water partition coefficient (Wildman–Crippen LogP) is 3.49. The van der Waals surface area contributed by atoms with Gasteiger partial charge in [0.05, 0.1) is 0 Å². The minimum absolute atomic E-state index is 0.0361. The first-order valence-corrected chi connectivity index (χ1v) is 10.2. The second-order valence-corrected chi connectivity index (χ2v) is 6.87. The van der Waals surface area contributed by atoms with E-state index >= 15 is 0 Å². The molecule has 0 saturated carbocycles. The fourth-order valence-corrected chi connectivity index (χ4v) is 2.96. The molecule has 0 amide bonds. The third-order valence-electron chi connectivity index (χ3n) is 4.59. The lowest BCUT2D eigenvalue weighted by Gasteiger charge is -2.27. The summed E-state index contributed by atoms with van der Waals surface area (Å²) >= 11 is 0. The molecule has 0 radical (unpaired) electrons. The van der Waals surface area contributed by atoms with Crippen molar-refractivity contribution in [2.24, 2.45) is 0 Å². The molecule has 0 unspecified atom stereocenters. The van der Waals surface area contributed by atoms with Crippen LogP contribution in [0.5, 0.6) is 0 Å². The molecule has 0 aliphatic carbocycles. The molecular formula is C22H32N4O2. The van der Waals surface area contributed by atoms with Gasteiger partial charge in [0.15, 0.2) is 5.82 Å². The minimum atomic E-state index is 0.0361. The van der Waals surface area contributed by atoms with E-state index in [1.807, 2.05) is 12.1 Å². The maximum Gasteiger partial charge on any atom is 0.159 e. The zero-order valence-corrected chi connectivity index (χ0v) is 17.1. The number of hydrogen-bond donors (Lipinski definition) is 2. The lowest BCUT2D eigenvalue weighted by molar-refractivity contribution is -0.113. The van der Waals surface area contributed by atoms with E-state index in [0.717, 1.165) is 61.5 Å². The van der Waals surface area contributed by atoms with Gasteiger partial charge in [-0.3, -0.25) is 10.4 Å². The van der Waals surface area contributed by atoms with Gasteiger partial charge in [-0.05, 0) is 12.8 Å². The van der Waals surface area contributed by atoms with E-state index in [2.05, 4.69) is 13.8 Å². The van der Waals surface area contributed by atoms with Crippen LogP contribution in [-0.2, 0) is 0 Å². The van der Waals surface area contributed by atoms with Gasteiger partial charge in [-0.1, -0.05) is 76.6 Å².